The first-order valence-corrected chi connectivity index (χ1v) is 7.55. The highest BCUT2D eigenvalue weighted by atomic mass is 35.5. The van der Waals surface area contributed by atoms with E-state index >= 15 is 0 Å². The zero-order valence-corrected chi connectivity index (χ0v) is 13.6. The number of nitrogens with one attached hydrogen (secondary N) is 2. The molecule has 22 heavy (non-hydrogen) atoms. The van der Waals surface area contributed by atoms with E-state index in [-0.39, 0.29) is 12.2 Å². The molecule has 0 fully saturated rings. The maximum absolute atomic E-state index is 13.1. The molecule has 1 heterocycles. The van der Waals surface area contributed by atoms with Gasteiger partial charge in [0.2, 0.25) is 0 Å². The fraction of sp³-hybridized carbons (Fsp3) is 0.333. The first-order valence-electron chi connectivity index (χ1n) is 6.77. The van der Waals surface area contributed by atoms with Crippen LogP contribution in [0, 0.1) is 0 Å². The lowest BCUT2D eigenvalue weighted by Gasteiger charge is -2.27. The van der Waals surface area contributed by atoms with Crippen LogP contribution < -0.4 is 10.6 Å². The number of carbonyl (C=O) groups is 1. The SMILES string of the molecule is CC1=C(C(=O)OCCc2cccc(Cl)c2)C(CF)NC(=S)N1. The van der Waals surface area contributed by atoms with Crippen molar-refractivity contribution in [1.82, 2.24) is 10.6 Å². The number of esters is 1. The zero-order valence-electron chi connectivity index (χ0n) is 12.0. The van der Waals surface area contributed by atoms with Crippen molar-refractivity contribution >= 4 is 34.9 Å². The van der Waals surface area contributed by atoms with Gasteiger partial charge in [0.05, 0.1) is 18.2 Å². The lowest BCUT2D eigenvalue weighted by molar-refractivity contribution is -0.139. The molecule has 0 spiro atoms. The molecule has 0 aromatic heterocycles. The van der Waals surface area contributed by atoms with Gasteiger partial charge in [-0.3, -0.25) is 0 Å². The highest BCUT2D eigenvalue weighted by Gasteiger charge is 2.29. The Morgan fingerprint density at radius 1 is 1.50 bits per heavy atom. The van der Waals surface area contributed by atoms with E-state index in [0.717, 1.165) is 5.56 Å². The van der Waals surface area contributed by atoms with E-state index in [4.69, 9.17) is 28.6 Å². The fourth-order valence-electron chi connectivity index (χ4n) is 2.21. The van der Waals surface area contributed by atoms with Gasteiger partial charge in [-0.25, -0.2) is 9.18 Å². The van der Waals surface area contributed by atoms with E-state index in [1.165, 1.54) is 0 Å². The van der Waals surface area contributed by atoms with Crippen molar-refractivity contribution < 1.29 is 13.9 Å². The highest BCUT2D eigenvalue weighted by Crippen LogP contribution is 2.15. The van der Waals surface area contributed by atoms with E-state index in [1.807, 2.05) is 18.2 Å². The van der Waals surface area contributed by atoms with Crippen LogP contribution in [-0.2, 0) is 16.0 Å². The van der Waals surface area contributed by atoms with Gasteiger partial charge >= 0.3 is 5.97 Å². The third kappa shape index (κ3) is 4.18. The van der Waals surface area contributed by atoms with Gasteiger partial charge in [-0.15, -0.1) is 0 Å². The van der Waals surface area contributed by atoms with Gasteiger partial charge in [0.1, 0.15) is 6.67 Å². The van der Waals surface area contributed by atoms with E-state index in [9.17, 15) is 9.18 Å². The van der Waals surface area contributed by atoms with E-state index in [2.05, 4.69) is 10.6 Å². The van der Waals surface area contributed by atoms with Crippen molar-refractivity contribution in [2.24, 2.45) is 0 Å². The summed E-state index contributed by atoms with van der Waals surface area (Å²) in [4.78, 5) is 12.1. The lowest BCUT2D eigenvalue weighted by atomic mass is 10.0. The summed E-state index contributed by atoms with van der Waals surface area (Å²) >= 11 is 10.8. The predicted molar refractivity (Wildman–Crippen MR) is 87.4 cm³/mol. The fourth-order valence-corrected chi connectivity index (χ4v) is 2.72. The molecular weight excluding hydrogens is 327 g/mol. The van der Waals surface area contributed by atoms with Crippen molar-refractivity contribution in [3.05, 3.63) is 46.1 Å². The molecule has 2 rings (SSSR count). The normalized spacial score (nSPS) is 17.8. The predicted octanol–water partition coefficient (Wildman–Crippen LogP) is 2.52. The molecule has 0 amide bonds. The van der Waals surface area contributed by atoms with Gasteiger partial charge in [-0.2, -0.15) is 0 Å². The Labute approximate surface area is 138 Å². The molecule has 0 aliphatic carbocycles. The second kappa shape index (κ2) is 7.56. The number of hydrogen-bond acceptors (Lipinski definition) is 3. The van der Waals surface area contributed by atoms with Crippen LogP contribution in [0.3, 0.4) is 0 Å². The van der Waals surface area contributed by atoms with Crippen LogP contribution in [0.25, 0.3) is 0 Å². The molecule has 4 nitrogen and oxygen atoms in total. The maximum Gasteiger partial charge on any atom is 0.337 e. The summed E-state index contributed by atoms with van der Waals surface area (Å²) in [6, 6.07) is 6.55. The standard InChI is InChI=1S/C15H16ClFN2O2S/c1-9-13(12(8-17)19-15(22)18-9)14(20)21-6-5-10-3-2-4-11(16)7-10/h2-4,7,12H,5-6,8H2,1H3,(H2,18,19,22). The van der Waals surface area contributed by atoms with Crippen molar-refractivity contribution in [1.29, 1.82) is 0 Å². The van der Waals surface area contributed by atoms with Crippen molar-refractivity contribution in [3.8, 4) is 0 Å². The van der Waals surface area contributed by atoms with E-state index in [1.54, 1.807) is 13.0 Å². The topological polar surface area (TPSA) is 50.4 Å². The average Bonchev–Trinajstić information content (AvgIpc) is 2.46. The van der Waals surface area contributed by atoms with Crippen LogP contribution >= 0.6 is 23.8 Å². The number of hydrogen-bond donors (Lipinski definition) is 2. The van der Waals surface area contributed by atoms with Crippen LogP contribution in [0.4, 0.5) is 4.39 Å². The van der Waals surface area contributed by atoms with Crippen LogP contribution in [0.2, 0.25) is 5.02 Å². The van der Waals surface area contributed by atoms with Gasteiger partial charge in [-0.05, 0) is 36.8 Å². The van der Waals surface area contributed by atoms with E-state index in [0.29, 0.717) is 22.3 Å². The largest absolute Gasteiger partial charge is 0.462 e. The summed E-state index contributed by atoms with van der Waals surface area (Å²) < 4.78 is 18.3. The summed E-state index contributed by atoms with van der Waals surface area (Å²) in [6.45, 7) is 1.13. The number of benzene rings is 1. The van der Waals surface area contributed by atoms with Gasteiger partial charge in [0, 0.05) is 17.1 Å². The summed E-state index contributed by atoms with van der Waals surface area (Å²) in [5.74, 6) is -0.551. The maximum atomic E-state index is 13.1. The molecular formula is C15H16ClFN2O2S. The first kappa shape index (κ1) is 16.7. The number of rotatable bonds is 5. The monoisotopic (exact) mass is 342 g/mol. The zero-order chi connectivity index (χ0) is 16.1. The van der Waals surface area contributed by atoms with Gasteiger partial charge in [0.15, 0.2) is 5.11 Å². The molecule has 1 aromatic carbocycles. The Balaban J connectivity index is 1.96. The van der Waals surface area contributed by atoms with Crippen molar-refractivity contribution in [3.63, 3.8) is 0 Å². The van der Waals surface area contributed by atoms with Crippen LogP contribution in [0.1, 0.15) is 12.5 Å². The quantitative estimate of drug-likeness (QED) is 0.636. The van der Waals surface area contributed by atoms with Crippen molar-refractivity contribution in [2.75, 3.05) is 13.3 Å². The lowest BCUT2D eigenvalue weighted by Crippen LogP contribution is -2.50. The summed E-state index contributed by atoms with van der Waals surface area (Å²) in [6.07, 6.45) is 0.540. The summed E-state index contributed by atoms with van der Waals surface area (Å²) in [5.41, 5.74) is 1.72. The summed E-state index contributed by atoms with van der Waals surface area (Å²) in [7, 11) is 0. The molecule has 1 aliphatic heterocycles. The number of alkyl halides is 1. The Bertz CT molecular complexity index is 621. The third-order valence-corrected chi connectivity index (χ3v) is 3.70. The number of ether oxygens (including phenoxy) is 1. The molecule has 0 saturated heterocycles. The van der Waals surface area contributed by atoms with Crippen LogP contribution in [0.15, 0.2) is 35.5 Å². The number of halogens is 2. The van der Waals surface area contributed by atoms with E-state index < -0.39 is 18.7 Å². The molecule has 1 unspecified atom stereocenters. The Hall–Kier alpha value is -1.66. The molecule has 2 N–H and O–H groups in total. The van der Waals surface area contributed by atoms with Gasteiger partial charge in [0.25, 0.3) is 0 Å². The molecule has 1 atom stereocenters. The van der Waals surface area contributed by atoms with Crippen LogP contribution in [0.5, 0.6) is 0 Å². The number of carbonyl (C=O) groups excluding carboxylic acids is 1. The highest BCUT2D eigenvalue weighted by molar-refractivity contribution is 7.80. The minimum Gasteiger partial charge on any atom is -0.462 e. The Kier molecular flexibility index (Phi) is 5.74. The molecule has 1 aliphatic rings. The second-order valence-electron chi connectivity index (χ2n) is 4.86. The minimum absolute atomic E-state index is 0.194. The molecule has 0 radical (unpaired) electrons. The Morgan fingerprint density at radius 2 is 2.27 bits per heavy atom. The first-order chi connectivity index (χ1) is 10.5. The number of allylic oxidation sites excluding steroid dienone is 1. The number of thiocarbonyl (C=S) groups is 1. The van der Waals surface area contributed by atoms with Crippen molar-refractivity contribution in [2.45, 2.75) is 19.4 Å². The average molecular weight is 343 g/mol. The molecule has 7 heteroatoms. The third-order valence-electron chi connectivity index (χ3n) is 3.25. The minimum atomic E-state index is -0.771. The second-order valence-corrected chi connectivity index (χ2v) is 5.70. The Morgan fingerprint density at radius 3 is 2.95 bits per heavy atom. The molecule has 0 saturated carbocycles. The van der Waals surface area contributed by atoms with Gasteiger partial charge < -0.3 is 15.4 Å². The smallest absolute Gasteiger partial charge is 0.337 e. The van der Waals surface area contributed by atoms with Gasteiger partial charge in [-0.1, -0.05) is 23.7 Å². The summed E-state index contributed by atoms with van der Waals surface area (Å²) in [5, 5.41) is 6.45. The molecule has 118 valence electrons. The molecule has 1 aromatic rings. The molecule has 0 bridgehead atoms. The van der Waals surface area contributed by atoms with Crippen LogP contribution in [-0.4, -0.2) is 30.4 Å².